The summed E-state index contributed by atoms with van der Waals surface area (Å²) in [5.74, 6) is 0. The molecule has 0 amide bonds. The highest BCUT2D eigenvalue weighted by atomic mass is 15.4. The molecule has 0 radical (unpaired) electrons. The molecular weight excluding hydrogens is 262 g/mol. The van der Waals surface area contributed by atoms with Crippen molar-refractivity contribution in [3.63, 3.8) is 0 Å². The molecule has 5 heteroatoms. The number of pyridine rings is 2. The monoisotopic (exact) mass is 273 g/mol. The molecule has 3 aromatic heterocycles. The fourth-order valence-corrected chi connectivity index (χ4v) is 2.23. The van der Waals surface area contributed by atoms with Gasteiger partial charge in [0.2, 0.25) is 0 Å². The SMILES string of the molecule is c1ccc(-n2nnc3ccc(-c4cccnc4)nc32)cc1. The topological polar surface area (TPSA) is 56.5 Å². The molecule has 0 fully saturated rings. The van der Waals surface area contributed by atoms with Crippen molar-refractivity contribution in [1.29, 1.82) is 0 Å². The Morgan fingerprint density at radius 1 is 0.857 bits per heavy atom. The van der Waals surface area contributed by atoms with E-state index < -0.39 is 0 Å². The third-order valence-electron chi connectivity index (χ3n) is 3.26. The molecule has 0 spiro atoms. The fraction of sp³-hybridized carbons (Fsp3) is 0. The van der Waals surface area contributed by atoms with E-state index in [1.54, 1.807) is 17.1 Å². The normalized spacial score (nSPS) is 10.9. The summed E-state index contributed by atoms with van der Waals surface area (Å²) in [6.45, 7) is 0. The number of hydrogen-bond acceptors (Lipinski definition) is 4. The molecule has 0 atom stereocenters. The third-order valence-corrected chi connectivity index (χ3v) is 3.26. The number of aromatic nitrogens is 5. The van der Waals surface area contributed by atoms with Gasteiger partial charge in [-0.05, 0) is 36.4 Å². The minimum atomic E-state index is 0.738. The van der Waals surface area contributed by atoms with E-state index in [1.165, 1.54) is 0 Å². The van der Waals surface area contributed by atoms with Gasteiger partial charge in [0, 0.05) is 18.0 Å². The highest BCUT2D eigenvalue weighted by Gasteiger charge is 2.09. The Hall–Kier alpha value is -3.08. The molecule has 21 heavy (non-hydrogen) atoms. The van der Waals surface area contributed by atoms with Crippen molar-refractivity contribution in [2.24, 2.45) is 0 Å². The van der Waals surface area contributed by atoms with E-state index >= 15 is 0 Å². The van der Waals surface area contributed by atoms with Crippen LogP contribution in [-0.4, -0.2) is 25.0 Å². The van der Waals surface area contributed by atoms with E-state index in [9.17, 15) is 0 Å². The maximum Gasteiger partial charge on any atom is 0.184 e. The van der Waals surface area contributed by atoms with E-state index in [2.05, 4.69) is 20.3 Å². The smallest absolute Gasteiger partial charge is 0.184 e. The Balaban J connectivity index is 1.91. The van der Waals surface area contributed by atoms with Gasteiger partial charge in [-0.3, -0.25) is 4.98 Å². The first-order valence-electron chi connectivity index (χ1n) is 6.60. The van der Waals surface area contributed by atoms with E-state index in [0.717, 1.165) is 28.1 Å². The zero-order chi connectivity index (χ0) is 14.1. The van der Waals surface area contributed by atoms with Crippen LogP contribution in [0.3, 0.4) is 0 Å². The summed E-state index contributed by atoms with van der Waals surface area (Å²) in [7, 11) is 0. The minimum Gasteiger partial charge on any atom is -0.264 e. The Bertz CT molecular complexity index is 884. The number of nitrogens with zero attached hydrogens (tertiary/aromatic N) is 5. The van der Waals surface area contributed by atoms with Crippen LogP contribution in [0.25, 0.3) is 28.1 Å². The second-order valence-corrected chi connectivity index (χ2v) is 4.62. The van der Waals surface area contributed by atoms with Crippen LogP contribution >= 0.6 is 0 Å². The van der Waals surface area contributed by atoms with Crippen molar-refractivity contribution < 1.29 is 0 Å². The second-order valence-electron chi connectivity index (χ2n) is 4.62. The van der Waals surface area contributed by atoms with Crippen LogP contribution in [0.2, 0.25) is 0 Å². The van der Waals surface area contributed by atoms with E-state index in [0.29, 0.717) is 0 Å². The van der Waals surface area contributed by atoms with Crippen molar-refractivity contribution in [1.82, 2.24) is 25.0 Å². The van der Waals surface area contributed by atoms with Gasteiger partial charge in [-0.2, -0.15) is 4.68 Å². The summed E-state index contributed by atoms with van der Waals surface area (Å²) in [5, 5.41) is 8.35. The summed E-state index contributed by atoms with van der Waals surface area (Å²) >= 11 is 0. The molecule has 4 rings (SSSR count). The molecule has 0 saturated carbocycles. The lowest BCUT2D eigenvalue weighted by atomic mass is 10.2. The number of fused-ring (bicyclic) bond motifs is 1. The molecule has 0 aliphatic rings. The van der Waals surface area contributed by atoms with E-state index in [1.807, 2.05) is 54.6 Å². The molecule has 0 saturated heterocycles. The highest BCUT2D eigenvalue weighted by Crippen LogP contribution is 2.20. The first kappa shape index (κ1) is 11.7. The molecule has 0 aliphatic carbocycles. The maximum atomic E-state index is 4.68. The van der Waals surface area contributed by atoms with Gasteiger partial charge < -0.3 is 0 Å². The zero-order valence-corrected chi connectivity index (χ0v) is 11.1. The summed E-state index contributed by atoms with van der Waals surface area (Å²) in [6, 6.07) is 17.6. The average molecular weight is 273 g/mol. The quantitative estimate of drug-likeness (QED) is 0.563. The number of rotatable bonds is 2. The first-order chi connectivity index (χ1) is 10.4. The molecule has 1 aromatic carbocycles. The van der Waals surface area contributed by atoms with Crippen LogP contribution in [0.15, 0.2) is 67.0 Å². The molecule has 5 nitrogen and oxygen atoms in total. The molecule has 0 unspecified atom stereocenters. The molecule has 0 N–H and O–H groups in total. The lowest BCUT2D eigenvalue weighted by Crippen LogP contribution is -1.98. The van der Waals surface area contributed by atoms with E-state index in [-0.39, 0.29) is 0 Å². The Morgan fingerprint density at radius 3 is 2.57 bits per heavy atom. The number of hydrogen-bond donors (Lipinski definition) is 0. The predicted molar refractivity (Wildman–Crippen MR) is 79.9 cm³/mol. The summed E-state index contributed by atoms with van der Waals surface area (Å²) in [6.07, 6.45) is 3.54. The van der Waals surface area contributed by atoms with Gasteiger partial charge in [0.15, 0.2) is 5.65 Å². The van der Waals surface area contributed by atoms with Crippen molar-refractivity contribution in [2.75, 3.05) is 0 Å². The summed E-state index contributed by atoms with van der Waals surface area (Å²) in [4.78, 5) is 8.81. The van der Waals surface area contributed by atoms with Gasteiger partial charge in [-0.25, -0.2) is 4.98 Å². The Kier molecular flexibility index (Phi) is 2.67. The number of para-hydroxylation sites is 1. The second kappa shape index (κ2) is 4.79. The molecular formula is C16H11N5. The summed E-state index contributed by atoms with van der Waals surface area (Å²) < 4.78 is 1.75. The lowest BCUT2D eigenvalue weighted by Gasteiger charge is -2.03. The maximum absolute atomic E-state index is 4.68. The Labute approximate surface area is 120 Å². The fourth-order valence-electron chi connectivity index (χ4n) is 2.23. The van der Waals surface area contributed by atoms with E-state index in [4.69, 9.17) is 0 Å². The van der Waals surface area contributed by atoms with Crippen LogP contribution in [0.4, 0.5) is 0 Å². The largest absolute Gasteiger partial charge is 0.264 e. The molecule has 100 valence electrons. The number of benzene rings is 1. The minimum absolute atomic E-state index is 0.738. The van der Waals surface area contributed by atoms with Crippen LogP contribution < -0.4 is 0 Å². The zero-order valence-electron chi connectivity index (χ0n) is 11.1. The van der Waals surface area contributed by atoms with Gasteiger partial charge in [0.1, 0.15) is 5.52 Å². The van der Waals surface area contributed by atoms with Gasteiger partial charge in [-0.1, -0.05) is 23.4 Å². The highest BCUT2D eigenvalue weighted by molar-refractivity contribution is 5.75. The van der Waals surface area contributed by atoms with Gasteiger partial charge >= 0.3 is 0 Å². The molecule has 3 heterocycles. The predicted octanol–water partition coefficient (Wildman–Crippen LogP) is 2.88. The van der Waals surface area contributed by atoms with Crippen molar-refractivity contribution >= 4 is 11.2 Å². The first-order valence-corrected chi connectivity index (χ1v) is 6.60. The van der Waals surface area contributed by atoms with Crippen molar-refractivity contribution in [2.45, 2.75) is 0 Å². The summed E-state index contributed by atoms with van der Waals surface area (Å²) in [5.41, 5.74) is 4.28. The molecule has 4 aromatic rings. The average Bonchev–Trinajstić information content (AvgIpc) is 2.99. The lowest BCUT2D eigenvalue weighted by molar-refractivity contribution is 0.817. The van der Waals surface area contributed by atoms with Gasteiger partial charge in [-0.15, -0.1) is 5.10 Å². The van der Waals surface area contributed by atoms with Gasteiger partial charge in [0.05, 0.1) is 11.4 Å². The van der Waals surface area contributed by atoms with Crippen LogP contribution in [0.1, 0.15) is 0 Å². The Morgan fingerprint density at radius 2 is 1.76 bits per heavy atom. The van der Waals surface area contributed by atoms with Crippen LogP contribution in [0.5, 0.6) is 0 Å². The molecule has 0 aliphatic heterocycles. The molecule has 0 bridgehead atoms. The van der Waals surface area contributed by atoms with Crippen molar-refractivity contribution in [3.8, 4) is 16.9 Å². The van der Waals surface area contributed by atoms with Crippen LogP contribution in [-0.2, 0) is 0 Å². The van der Waals surface area contributed by atoms with Gasteiger partial charge in [0.25, 0.3) is 0 Å². The third kappa shape index (κ3) is 2.04. The standard InChI is InChI=1S/C16H11N5/c1-2-6-13(7-3-1)21-16-15(19-20-21)9-8-14(18-16)12-5-4-10-17-11-12/h1-11H. The van der Waals surface area contributed by atoms with Crippen LogP contribution in [0, 0.1) is 0 Å². The van der Waals surface area contributed by atoms with Crippen molar-refractivity contribution in [3.05, 3.63) is 67.0 Å².